The van der Waals surface area contributed by atoms with Crippen LogP contribution in [0.4, 0.5) is 0 Å². The van der Waals surface area contributed by atoms with Crippen LogP contribution in [0.2, 0.25) is 0 Å². The molecule has 1 aliphatic heterocycles. The van der Waals surface area contributed by atoms with Crippen molar-refractivity contribution in [3.63, 3.8) is 0 Å². The van der Waals surface area contributed by atoms with Crippen molar-refractivity contribution in [1.82, 2.24) is 15.1 Å². The van der Waals surface area contributed by atoms with E-state index in [2.05, 4.69) is 5.32 Å². The van der Waals surface area contributed by atoms with Crippen molar-refractivity contribution in [2.75, 3.05) is 53.0 Å². The first kappa shape index (κ1) is 22.2. The molecule has 0 spiro atoms. The Morgan fingerprint density at radius 3 is 2.20 bits per heavy atom. The second kappa shape index (κ2) is 12.5. The molecule has 2 fully saturated rings. The van der Waals surface area contributed by atoms with Crippen LogP contribution in [0.1, 0.15) is 44.9 Å². The molecule has 1 saturated carbocycles. The van der Waals surface area contributed by atoms with Gasteiger partial charge in [0.25, 0.3) is 0 Å². The van der Waals surface area contributed by atoms with Crippen LogP contribution in [0.25, 0.3) is 0 Å². The van der Waals surface area contributed by atoms with Crippen LogP contribution in [0.3, 0.4) is 0 Å². The summed E-state index contributed by atoms with van der Waals surface area (Å²) in [7, 11) is 1.65. The maximum Gasteiger partial charge on any atom is 0.236 e. The number of piperazine rings is 1. The summed E-state index contributed by atoms with van der Waals surface area (Å²) < 4.78 is 4.94. The van der Waals surface area contributed by atoms with E-state index >= 15 is 0 Å². The van der Waals surface area contributed by atoms with E-state index in [9.17, 15) is 9.59 Å². The van der Waals surface area contributed by atoms with Crippen molar-refractivity contribution < 1.29 is 14.3 Å². The molecule has 25 heavy (non-hydrogen) atoms. The summed E-state index contributed by atoms with van der Waals surface area (Å²) >= 11 is 0. The number of nitrogens with one attached hydrogen (secondary N) is 1. The number of hydrogen-bond donors (Lipinski definition) is 1. The number of ether oxygens (including phenoxy) is 1. The lowest BCUT2D eigenvalue weighted by molar-refractivity contribution is -0.139. The minimum Gasteiger partial charge on any atom is -0.383 e. The zero-order valence-corrected chi connectivity index (χ0v) is 16.3. The maximum absolute atomic E-state index is 12.4. The Balaban J connectivity index is 0.00000312. The molecule has 0 atom stereocenters. The second-order valence-corrected chi connectivity index (χ2v) is 6.97. The van der Waals surface area contributed by atoms with Crippen LogP contribution in [0.5, 0.6) is 0 Å². The van der Waals surface area contributed by atoms with Crippen molar-refractivity contribution in [3.05, 3.63) is 0 Å². The predicted octanol–water partition coefficient (Wildman–Crippen LogP) is 1.68. The number of nitrogens with zero attached hydrogens (tertiary/aromatic N) is 2. The Kier molecular flexibility index (Phi) is 11.1. The third-order valence-electron chi connectivity index (χ3n) is 5.24. The van der Waals surface area contributed by atoms with Gasteiger partial charge in [-0.05, 0) is 12.3 Å². The first-order valence-corrected chi connectivity index (χ1v) is 9.46. The highest BCUT2D eigenvalue weighted by atomic mass is 35.5. The summed E-state index contributed by atoms with van der Waals surface area (Å²) in [6.07, 6.45) is 8.34. The summed E-state index contributed by atoms with van der Waals surface area (Å²) in [4.78, 5) is 28.2. The van der Waals surface area contributed by atoms with Gasteiger partial charge in [-0.25, -0.2) is 0 Å². The van der Waals surface area contributed by atoms with Gasteiger partial charge in [0.1, 0.15) is 0 Å². The fourth-order valence-corrected chi connectivity index (χ4v) is 3.65. The second-order valence-electron chi connectivity index (χ2n) is 6.97. The maximum atomic E-state index is 12.4. The topological polar surface area (TPSA) is 61.9 Å². The number of halogens is 1. The van der Waals surface area contributed by atoms with Crippen LogP contribution in [0.15, 0.2) is 0 Å². The average molecular weight is 376 g/mol. The van der Waals surface area contributed by atoms with Gasteiger partial charge >= 0.3 is 0 Å². The molecule has 0 aromatic rings. The number of rotatable bonds is 8. The number of carbonyl (C=O) groups excluding carboxylic acids is 2. The third kappa shape index (κ3) is 7.92. The average Bonchev–Trinajstić information content (AvgIpc) is 2.64. The lowest BCUT2D eigenvalue weighted by Crippen LogP contribution is -2.52. The van der Waals surface area contributed by atoms with E-state index < -0.39 is 0 Å². The summed E-state index contributed by atoms with van der Waals surface area (Å²) in [5, 5.41) is 3.08. The van der Waals surface area contributed by atoms with Crippen LogP contribution in [0, 0.1) is 5.92 Å². The smallest absolute Gasteiger partial charge is 0.236 e. The van der Waals surface area contributed by atoms with Crippen LogP contribution >= 0.6 is 12.4 Å². The molecule has 6 nitrogen and oxygen atoms in total. The molecule has 1 aliphatic carbocycles. The van der Waals surface area contributed by atoms with Crippen LogP contribution in [-0.2, 0) is 14.3 Å². The molecule has 0 unspecified atom stereocenters. The Morgan fingerprint density at radius 1 is 1.00 bits per heavy atom. The van der Waals surface area contributed by atoms with Gasteiger partial charge < -0.3 is 19.9 Å². The number of amides is 2. The molecule has 1 saturated heterocycles. The fourth-order valence-electron chi connectivity index (χ4n) is 3.65. The van der Waals surface area contributed by atoms with Crippen molar-refractivity contribution in [3.8, 4) is 0 Å². The van der Waals surface area contributed by atoms with E-state index in [4.69, 9.17) is 4.74 Å². The fraction of sp³-hybridized carbons (Fsp3) is 0.889. The van der Waals surface area contributed by atoms with Crippen LogP contribution < -0.4 is 5.32 Å². The van der Waals surface area contributed by atoms with E-state index in [1.165, 1.54) is 32.1 Å². The SMILES string of the molecule is COCCNCC(=O)N1CCN(C(=O)CCC2CCCCC2)CC1.Cl. The molecule has 2 aliphatic rings. The van der Waals surface area contributed by atoms with Gasteiger partial charge in [-0.3, -0.25) is 9.59 Å². The molecule has 0 bridgehead atoms. The largest absolute Gasteiger partial charge is 0.383 e. The molecule has 7 heteroatoms. The zero-order valence-electron chi connectivity index (χ0n) is 15.5. The number of methoxy groups -OCH3 is 1. The summed E-state index contributed by atoms with van der Waals surface area (Å²) in [6, 6.07) is 0. The van der Waals surface area contributed by atoms with E-state index in [0.29, 0.717) is 52.3 Å². The van der Waals surface area contributed by atoms with E-state index in [-0.39, 0.29) is 24.2 Å². The molecule has 0 aromatic carbocycles. The predicted molar refractivity (Wildman–Crippen MR) is 101 cm³/mol. The number of carbonyl (C=O) groups is 2. The standard InChI is InChI=1S/C18H33N3O3.ClH/c1-24-14-9-19-15-18(23)21-12-10-20(11-13-21)17(22)8-7-16-5-3-2-4-6-16;/h16,19H,2-15H2,1H3;1H. The first-order chi connectivity index (χ1) is 11.7. The molecule has 146 valence electrons. The first-order valence-electron chi connectivity index (χ1n) is 9.46. The highest BCUT2D eigenvalue weighted by Crippen LogP contribution is 2.27. The highest BCUT2D eigenvalue weighted by molar-refractivity contribution is 5.85. The van der Waals surface area contributed by atoms with E-state index in [1.807, 2.05) is 9.80 Å². The monoisotopic (exact) mass is 375 g/mol. The molecule has 2 amide bonds. The normalized spacial score (nSPS) is 18.8. The van der Waals surface area contributed by atoms with Crippen molar-refractivity contribution in [1.29, 1.82) is 0 Å². The summed E-state index contributed by atoms with van der Waals surface area (Å²) in [5.74, 6) is 1.13. The highest BCUT2D eigenvalue weighted by Gasteiger charge is 2.24. The molecule has 0 aromatic heterocycles. The molecule has 2 rings (SSSR count). The molecule has 1 heterocycles. The van der Waals surface area contributed by atoms with Crippen molar-refractivity contribution in [2.45, 2.75) is 44.9 Å². The van der Waals surface area contributed by atoms with E-state index in [0.717, 1.165) is 12.3 Å². The third-order valence-corrected chi connectivity index (χ3v) is 5.24. The lowest BCUT2D eigenvalue weighted by Gasteiger charge is -2.35. The Bertz CT molecular complexity index is 395. The van der Waals surface area contributed by atoms with Crippen molar-refractivity contribution in [2.24, 2.45) is 5.92 Å². The van der Waals surface area contributed by atoms with E-state index in [1.54, 1.807) is 7.11 Å². The van der Waals surface area contributed by atoms with Gasteiger partial charge in [0.2, 0.25) is 11.8 Å². The Hall–Kier alpha value is -0.850. The Morgan fingerprint density at radius 2 is 1.60 bits per heavy atom. The van der Waals surface area contributed by atoms with Crippen molar-refractivity contribution >= 4 is 24.2 Å². The summed E-state index contributed by atoms with van der Waals surface area (Å²) in [6.45, 7) is 4.29. The quantitative estimate of drug-likeness (QED) is 0.655. The zero-order chi connectivity index (χ0) is 17.2. The van der Waals surface area contributed by atoms with Crippen LogP contribution in [-0.4, -0.2) is 74.6 Å². The van der Waals surface area contributed by atoms with Gasteiger partial charge in [0, 0.05) is 46.3 Å². The van der Waals surface area contributed by atoms with Gasteiger partial charge in [0.05, 0.1) is 13.2 Å². The molecule has 0 radical (unpaired) electrons. The minimum atomic E-state index is 0. The van der Waals surface area contributed by atoms with Gasteiger partial charge in [-0.15, -0.1) is 12.4 Å². The molecule has 1 N–H and O–H groups in total. The Labute approximate surface area is 158 Å². The summed E-state index contributed by atoms with van der Waals surface area (Å²) in [5.41, 5.74) is 0. The minimum absolute atomic E-state index is 0. The lowest BCUT2D eigenvalue weighted by atomic mass is 9.86. The number of hydrogen-bond acceptors (Lipinski definition) is 4. The molecular weight excluding hydrogens is 342 g/mol. The van der Waals surface area contributed by atoms with Gasteiger partial charge in [0.15, 0.2) is 0 Å². The van der Waals surface area contributed by atoms with Gasteiger partial charge in [-0.1, -0.05) is 32.1 Å². The molecular formula is C18H34ClN3O3. The van der Waals surface area contributed by atoms with Gasteiger partial charge in [-0.2, -0.15) is 0 Å².